The largest absolute Gasteiger partial charge is 0.503 e. The van der Waals surface area contributed by atoms with Crippen LogP contribution in [0.5, 0.6) is 11.5 Å². The van der Waals surface area contributed by atoms with Crippen molar-refractivity contribution in [3.8, 4) is 11.5 Å². The molecule has 2 aliphatic heterocycles. The molecule has 0 spiro atoms. The number of aryl methyl sites for hydroxylation is 2. The van der Waals surface area contributed by atoms with Crippen LogP contribution in [-0.2, 0) is 9.53 Å². The topological polar surface area (TPSA) is 101 Å². The number of morpholine rings is 1. The van der Waals surface area contributed by atoms with Gasteiger partial charge >= 0.3 is 0 Å². The summed E-state index contributed by atoms with van der Waals surface area (Å²) >= 11 is 1.27. The van der Waals surface area contributed by atoms with E-state index in [9.17, 15) is 14.7 Å². The average molecular weight is 558 g/mol. The van der Waals surface area contributed by atoms with Crippen LogP contribution in [0.15, 0.2) is 29.5 Å². The molecule has 0 bridgehead atoms. The second-order valence-electron chi connectivity index (χ2n) is 10.3. The predicted octanol–water partition coefficient (Wildman–Crippen LogP) is 4.49. The monoisotopic (exact) mass is 557 g/mol. The molecule has 2 aromatic rings. The van der Waals surface area contributed by atoms with Crippen LogP contribution in [0.25, 0.3) is 0 Å². The Bertz CT molecular complexity index is 1220. The lowest BCUT2D eigenvalue weighted by Gasteiger charge is -2.32. The lowest BCUT2D eigenvalue weighted by atomic mass is 9.94. The number of aromatic nitrogens is 1. The summed E-state index contributed by atoms with van der Waals surface area (Å²) in [6, 6.07) is 4.73. The Kier molecular flexibility index (Phi) is 9.63. The molecule has 1 atom stereocenters. The smallest absolute Gasteiger partial charge is 0.290 e. The number of thiazole rings is 1. The first-order chi connectivity index (χ1) is 18.7. The molecule has 0 radical (unpaired) electrons. The summed E-state index contributed by atoms with van der Waals surface area (Å²) in [7, 11) is 0. The van der Waals surface area contributed by atoms with Crippen molar-refractivity contribution in [2.24, 2.45) is 5.92 Å². The van der Waals surface area contributed by atoms with E-state index >= 15 is 0 Å². The molecule has 0 aliphatic carbocycles. The third-order valence-electron chi connectivity index (χ3n) is 6.95. The van der Waals surface area contributed by atoms with E-state index in [-0.39, 0.29) is 11.4 Å². The summed E-state index contributed by atoms with van der Waals surface area (Å²) in [6.07, 6.45) is 0.905. The Balaban J connectivity index is 1.71. The zero-order valence-electron chi connectivity index (χ0n) is 23.5. The van der Waals surface area contributed by atoms with Crippen LogP contribution < -0.4 is 9.47 Å². The number of hydrogen-bond acceptors (Lipinski definition) is 9. The number of aliphatic hydroxyl groups is 1. The van der Waals surface area contributed by atoms with Gasteiger partial charge in [0.25, 0.3) is 5.91 Å². The van der Waals surface area contributed by atoms with Crippen LogP contribution in [0.1, 0.15) is 59.2 Å². The Morgan fingerprint density at radius 3 is 2.56 bits per heavy atom. The molecule has 1 amide bonds. The molecule has 1 aromatic carbocycles. The summed E-state index contributed by atoms with van der Waals surface area (Å²) in [5.74, 6) is 0.226. The van der Waals surface area contributed by atoms with Gasteiger partial charge in [0.1, 0.15) is 0 Å². The van der Waals surface area contributed by atoms with E-state index in [4.69, 9.17) is 14.2 Å². The fourth-order valence-corrected chi connectivity index (χ4v) is 5.76. The quantitative estimate of drug-likeness (QED) is 0.381. The molecule has 1 fully saturated rings. The van der Waals surface area contributed by atoms with Crippen LogP contribution in [0, 0.1) is 19.8 Å². The lowest BCUT2D eigenvalue weighted by molar-refractivity contribution is -0.129. The summed E-state index contributed by atoms with van der Waals surface area (Å²) < 4.78 is 17.4. The molecule has 1 N–H and O–H groups in total. The van der Waals surface area contributed by atoms with Gasteiger partial charge in [0.05, 0.1) is 53.6 Å². The highest BCUT2D eigenvalue weighted by atomic mass is 32.1. The molecule has 1 saturated heterocycles. The van der Waals surface area contributed by atoms with Crippen molar-refractivity contribution in [2.45, 2.75) is 47.1 Å². The van der Waals surface area contributed by atoms with Crippen molar-refractivity contribution in [3.05, 3.63) is 50.7 Å². The molecule has 3 heterocycles. The van der Waals surface area contributed by atoms with Crippen molar-refractivity contribution < 1.29 is 28.9 Å². The maximum Gasteiger partial charge on any atom is 0.290 e. The lowest BCUT2D eigenvalue weighted by Crippen LogP contribution is -2.43. The number of ketones is 1. The van der Waals surface area contributed by atoms with Crippen LogP contribution in [0.2, 0.25) is 0 Å². The minimum Gasteiger partial charge on any atom is -0.503 e. The third-order valence-corrected chi connectivity index (χ3v) is 8.03. The minimum absolute atomic E-state index is 0.0738. The number of ether oxygens (including phenoxy) is 3. The zero-order valence-corrected chi connectivity index (χ0v) is 24.3. The first kappa shape index (κ1) is 29.0. The fourth-order valence-electron chi connectivity index (χ4n) is 4.89. The first-order valence-electron chi connectivity index (χ1n) is 13.6. The van der Waals surface area contributed by atoms with Crippen molar-refractivity contribution in [1.82, 2.24) is 14.8 Å². The molecule has 1 unspecified atom stereocenters. The van der Waals surface area contributed by atoms with E-state index in [0.29, 0.717) is 73.1 Å². The van der Waals surface area contributed by atoms with Gasteiger partial charge in [0.15, 0.2) is 17.3 Å². The number of rotatable bonds is 12. The van der Waals surface area contributed by atoms with Gasteiger partial charge in [-0.1, -0.05) is 19.9 Å². The van der Waals surface area contributed by atoms with E-state index < -0.39 is 17.7 Å². The fraction of sp³-hybridized carbons (Fsp3) is 0.552. The molecular weight excluding hydrogens is 518 g/mol. The summed E-state index contributed by atoms with van der Waals surface area (Å²) in [6.45, 7) is 14.6. The van der Waals surface area contributed by atoms with Gasteiger partial charge in [0, 0.05) is 26.2 Å². The van der Waals surface area contributed by atoms with Gasteiger partial charge in [-0.3, -0.25) is 14.5 Å². The maximum atomic E-state index is 13.8. The van der Waals surface area contributed by atoms with Crippen LogP contribution in [-0.4, -0.2) is 84.2 Å². The van der Waals surface area contributed by atoms with Gasteiger partial charge in [0.2, 0.25) is 5.78 Å². The molecule has 0 saturated carbocycles. The zero-order chi connectivity index (χ0) is 28.1. The third kappa shape index (κ3) is 6.62. The van der Waals surface area contributed by atoms with Crippen molar-refractivity contribution in [1.29, 1.82) is 0 Å². The summed E-state index contributed by atoms with van der Waals surface area (Å²) in [5.41, 5.74) is 1.34. The second-order valence-corrected chi connectivity index (χ2v) is 11.5. The number of hydrogen-bond donors (Lipinski definition) is 1. The van der Waals surface area contributed by atoms with Gasteiger partial charge in [-0.05, 0) is 50.8 Å². The van der Waals surface area contributed by atoms with Gasteiger partial charge in [-0.2, -0.15) is 0 Å². The number of Topliss-reactive ketones (excluding diaryl/α,β-unsaturated/α-hetero) is 1. The number of carbonyl (C=O) groups excluding carboxylic acids is 2. The number of aliphatic hydroxyl groups excluding tert-OH is 1. The number of amides is 1. The summed E-state index contributed by atoms with van der Waals surface area (Å²) in [5, 5.41) is 11.8. The summed E-state index contributed by atoms with van der Waals surface area (Å²) in [4.78, 5) is 35.9. The number of carbonyl (C=O) groups is 2. The van der Waals surface area contributed by atoms with Crippen LogP contribution >= 0.6 is 11.3 Å². The molecular formula is C29H39N3O6S. The highest BCUT2D eigenvalue weighted by Gasteiger charge is 2.44. The van der Waals surface area contributed by atoms with Gasteiger partial charge < -0.3 is 24.2 Å². The Labute approximate surface area is 234 Å². The van der Waals surface area contributed by atoms with E-state index in [1.165, 1.54) is 11.3 Å². The van der Waals surface area contributed by atoms with Crippen LogP contribution in [0.4, 0.5) is 0 Å². The molecule has 212 valence electrons. The maximum absolute atomic E-state index is 13.8. The second kappa shape index (κ2) is 12.9. The Morgan fingerprint density at radius 1 is 1.18 bits per heavy atom. The van der Waals surface area contributed by atoms with Crippen molar-refractivity contribution in [2.75, 3.05) is 52.6 Å². The molecule has 4 rings (SSSR count). The standard InChI is InChI=1S/C29H39N3O6S/c1-6-37-23-17-21(7-8-22(23)38-14-9-18(2)3)25-24(26(33)28-19(4)30-20(5)39-28)27(34)29(35)32(25)11-10-31-12-15-36-16-13-31/h7-8,17-18,25,34H,6,9-16H2,1-5H3. The average Bonchev–Trinajstić information content (AvgIpc) is 3.38. The first-order valence-corrected chi connectivity index (χ1v) is 14.4. The minimum atomic E-state index is -0.767. The molecule has 2 aliphatic rings. The molecule has 1 aromatic heterocycles. The Hall–Kier alpha value is -2.95. The highest BCUT2D eigenvalue weighted by molar-refractivity contribution is 7.14. The van der Waals surface area contributed by atoms with E-state index in [0.717, 1.165) is 24.5 Å². The van der Waals surface area contributed by atoms with Gasteiger partial charge in [-0.15, -0.1) is 11.3 Å². The van der Waals surface area contributed by atoms with Crippen molar-refractivity contribution >= 4 is 23.0 Å². The number of benzene rings is 1. The molecule has 10 heteroatoms. The number of nitrogens with zero attached hydrogens (tertiary/aromatic N) is 3. The van der Waals surface area contributed by atoms with E-state index in [1.54, 1.807) is 11.8 Å². The van der Waals surface area contributed by atoms with Crippen molar-refractivity contribution in [3.63, 3.8) is 0 Å². The Morgan fingerprint density at radius 2 is 1.92 bits per heavy atom. The highest BCUT2D eigenvalue weighted by Crippen LogP contribution is 2.42. The van der Waals surface area contributed by atoms with Crippen LogP contribution in [0.3, 0.4) is 0 Å². The molecule has 39 heavy (non-hydrogen) atoms. The van der Waals surface area contributed by atoms with E-state index in [2.05, 4.69) is 23.7 Å². The SMILES string of the molecule is CCOc1cc(C2C(C(=O)c3sc(C)nc3C)=C(O)C(=O)N2CCN2CCOCC2)ccc1OCCC(C)C. The predicted molar refractivity (Wildman–Crippen MR) is 150 cm³/mol. The van der Waals surface area contributed by atoms with Gasteiger partial charge in [-0.25, -0.2) is 4.98 Å². The normalized spacial score (nSPS) is 18.4. The molecule has 9 nitrogen and oxygen atoms in total. The van der Waals surface area contributed by atoms with E-state index in [1.807, 2.05) is 32.0 Å².